The Labute approximate surface area is 113 Å². The summed E-state index contributed by atoms with van der Waals surface area (Å²) in [6, 6.07) is 5.56. The lowest BCUT2D eigenvalue weighted by atomic mass is 10.2. The molecule has 0 saturated heterocycles. The summed E-state index contributed by atoms with van der Waals surface area (Å²) in [6.07, 6.45) is 1.35. The van der Waals surface area contributed by atoms with E-state index in [0.717, 1.165) is 17.9 Å². The summed E-state index contributed by atoms with van der Waals surface area (Å²) < 4.78 is 11.0. The lowest BCUT2D eigenvalue weighted by Gasteiger charge is -2.25. The molecule has 0 aliphatic carbocycles. The predicted octanol–water partition coefficient (Wildman–Crippen LogP) is 1.55. The highest BCUT2D eigenvalue weighted by Crippen LogP contribution is 2.34. The minimum absolute atomic E-state index is 0.0876. The molecule has 2 N–H and O–H groups in total. The Kier molecular flexibility index (Phi) is 4.63. The summed E-state index contributed by atoms with van der Waals surface area (Å²) in [5.74, 6) is 1.50. The van der Waals surface area contributed by atoms with Crippen LogP contribution < -0.4 is 20.1 Å². The molecule has 5 nitrogen and oxygen atoms in total. The van der Waals surface area contributed by atoms with Gasteiger partial charge in [0.15, 0.2) is 11.5 Å². The minimum atomic E-state index is 0.0876. The highest BCUT2D eigenvalue weighted by Gasteiger charge is 2.18. The molecule has 5 heteroatoms. The molecular weight excluding hydrogens is 244 g/mol. The van der Waals surface area contributed by atoms with Crippen molar-refractivity contribution >= 4 is 11.6 Å². The fraction of sp³-hybridized carbons (Fsp3) is 0.500. The van der Waals surface area contributed by atoms with Gasteiger partial charge in [0.05, 0.1) is 0 Å². The molecule has 0 radical (unpaired) electrons. The first-order valence-corrected chi connectivity index (χ1v) is 6.66. The van der Waals surface area contributed by atoms with E-state index in [1.54, 1.807) is 4.90 Å². The maximum Gasteiger partial charge on any atom is 0.227 e. The molecular formula is C14H20N2O3. The number of amides is 1. The number of nitrogens with zero attached hydrogens (tertiary/aromatic N) is 1. The van der Waals surface area contributed by atoms with Crippen molar-refractivity contribution in [1.29, 1.82) is 0 Å². The smallest absolute Gasteiger partial charge is 0.227 e. The van der Waals surface area contributed by atoms with Crippen LogP contribution in [0.25, 0.3) is 0 Å². The van der Waals surface area contributed by atoms with Crippen LogP contribution >= 0.6 is 0 Å². The Hall–Kier alpha value is -1.75. The molecule has 1 aliphatic rings. The van der Waals surface area contributed by atoms with Crippen LogP contribution in [0, 0.1) is 0 Å². The fourth-order valence-electron chi connectivity index (χ4n) is 2.08. The number of nitrogens with two attached hydrogens (primary N) is 1. The van der Waals surface area contributed by atoms with E-state index in [4.69, 9.17) is 15.2 Å². The van der Waals surface area contributed by atoms with Crippen LogP contribution in [0.1, 0.15) is 19.8 Å². The van der Waals surface area contributed by atoms with Crippen LogP contribution in [0.3, 0.4) is 0 Å². The topological polar surface area (TPSA) is 64.8 Å². The summed E-state index contributed by atoms with van der Waals surface area (Å²) >= 11 is 0. The minimum Gasteiger partial charge on any atom is -0.486 e. The molecule has 0 aromatic heterocycles. The summed E-state index contributed by atoms with van der Waals surface area (Å²) in [7, 11) is 0. The van der Waals surface area contributed by atoms with Crippen molar-refractivity contribution in [2.45, 2.75) is 19.8 Å². The van der Waals surface area contributed by atoms with E-state index >= 15 is 0 Å². The third-order valence-corrected chi connectivity index (χ3v) is 2.96. The molecule has 104 valence electrons. The Morgan fingerprint density at radius 2 is 2.05 bits per heavy atom. The number of hydrogen-bond acceptors (Lipinski definition) is 4. The van der Waals surface area contributed by atoms with Gasteiger partial charge in [0.2, 0.25) is 5.91 Å². The van der Waals surface area contributed by atoms with Crippen molar-refractivity contribution in [3.8, 4) is 11.5 Å². The number of rotatable bonds is 5. The van der Waals surface area contributed by atoms with E-state index in [1.807, 2.05) is 25.1 Å². The normalized spacial score (nSPS) is 13.2. The molecule has 0 unspecified atom stereocenters. The number of fused-ring (bicyclic) bond motifs is 1. The van der Waals surface area contributed by atoms with Crippen molar-refractivity contribution in [3.05, 3.63) is 18.2 Å². The summed E-state index contributed by atoms with van der Waals surface area (Å²) in [6.45, 7) is 4.04. The van der Waals surface area contributed by atoms with Gasteiger partial charge in [0, 0.05) is 31.3 Å². The van der Waals surface area contributed by atoms with Gasteiger partial charge >= 0.3 is 0 Å². The van der Waals surface area contributed by atoms with Crippen LogP contribution in [-0.2, 0) is 4.79 Å². The number of carbonyl (C=O) groups excluding carboxylic acids is 1. The molecule has 1 aromatic carbocycles. The van der Waals surface area contributed by atoms with Gasteiger partial charge in [0.1, 0.15) is 13.2 Å². The Morgan fingerprint density at radius 1 is 1.32 bits per heavy atom. The average Bonchev–Trinajstić information content (AvgIpc) is 2.44. The Morgan fingerprint density at radius 3 is 2.74 bits per heavy atom. The van der Waals surface area contributed by atoms with Crippen LogP contribution in [-0.4, -0.2) is 32.2 Å². The number of benzene rings is 1. The molecule has 0 bridgehead atoms. The van der Waals surface area contributed by atoms with Gasteiger partial charge in [0.25, 0.3) is 0 Å². The number of hydrogen-bond donors (Lipinski definition) is 1. The van der Waals surface area contributed by atoms with E-state index < -0.39 is 0 Å². The first-order chi connectivity index (χ1) is 9.26. The molecule has 0 atom stereocenters. The van der Waals surface area contributed by atoms with Crippen molar-refractivity contribution in [3.63, 3.8) is 0 Å². The van der Waals surface area contributed by atoms with Crippen LogP contribution in [0.5, 0.6) is 11.5 Å². The first kappa shape index (κ1) is 13.7. The third-order valence-electron chi connectivity index (χ3n) is 2.96. The van der Waals surface area contributed by atoms with E-state index in [2.05, 4.69) is 0 Å². The van der Waals surface area contributed by atoms with Gasteiger partial charge < -0.3 is 20.1 Å². The zero-order chi connectivity index (χ0) is 13.7. The molecule has 19 heavy (non-hydrogen) atoms. The van der Waals surface area contributed by atoms with E-state index in [9.17, 15) is 4.79 Å². The molecule has 1 aromatic rings. The van der Waals surface area contributed by atoms with E-state index in [-0.39, 0.29) is 5.91 Å². The Balaban J connectivity index is 2.23. The highest BCUT2D eigenvalue weighted by molar-refractivity contribution is 5.93. The third kappa shape index (κ3) is 3.17. The van der Waals surface area contributed by atoms with Gasteiger partial charge in [-0.1, -0.05) is 6.92 Å². The molecule has 0 spiro atoms. The molecule has 1 amide bonds. The molecule has 1 heterocycles. The second-order valence-electron chi connectivity index (χ2n) is 4.41. The van der Waals surface area contributed by atoms with Gasteiger partial charge in [-0.25, -0.2) is 0 Å². The average molecular weight is 264 g/mol. The molecule has 1 aliphatic heterocycles. The maximum absolute atomic E-state index is 12.1. The highest BCUT2D eigenvalue weighted by atomic mass is 16.6. The standard InChI is InChI=1S/C14H20N2O3/c1-2-3-14(17)16(7-6-15)11-4-5-12-13(10-11)19-9-8-18-12/h4-5,10H,2-3,6-9,15H2,1H3. The van der Waals surface area contributed by atoms with Crippen molar-refractivity contribution in [2.75, 3.05) is 31.2 Å². The van der Waals surface area contributed by atoms with E-state index in [0.29, 0.717) is 38.5 Å². The van der Waals surface area contributed by atoms with Gasteiger partial charge in [-0.3, -0.25) is 4.79 Å². The molecule has 0 fully saturated rings. The van der Waals surface area contributed by atoms with Crippen LogP contribution in [0.2, 0.25) is 0 Å². The SMILES string of the molecule is CCCC(=O)N(CCN)c1ccc2c(c1)OCCO2. The van der Waals surface area contributed by atoms with Crippen LogP contribution in [0.15, 0.2) is 18.2 Å². The van der Waals surface area contributed by atoms with Crippen molar-refractivity contribution in [1.82, 2.24) is 0 Å². The van der Waals surface area contributed by atoms with Gasteiger partial charge in [-0.05, 0) is 18.6 Å². The maximum atomic E-state index is 12.1. The fourth-order valence-corrected chi connectivity index (χ4v) is 2.08. The van der Waals surface area contributed by atoms with E-state index in [1.165, 1.54) is 0 Å². The quantitative estimate of drug-likeness (QED) is 0.876. The number of carbonyl (C=O) groups is 1. The zero-order valence-corrected chi connectivity index (χ0v) is 11.2. The van der Waals surface area contributed by atoms with Crippen molar-refractivity contribution in [2.24, 2.45) is 5.73 Å². The lowest BCUT2D eigenvalue weighted by molar-refractivity contribution is -0.118. The summed E-state index contributed by atoms with van der Waals surface area (Å²) in [5, 5.41) is 0. The molecule has 2 rings (SSSR count). The first-order valence-electron chi connectivity index (χ1n) is 6.66. The lowest BCUT2D eigenvalue weighted by Crippen LogP contribution is -2.35. The van der Waals surface area contributed by atoms with Crippen LogP contribution in [0.4, 0.5) is 5.69 Å². The molecule has 0 saturated carbocycles. The van der Waals surface area contributed by atoms with Gasteiger partial charge in [-0.2, -0.15) is 0 Å². The second kappa shape index (κ2) is 6.43. The largest absolute Gasteiger partial charge is 0.486 e. The van der Waals surface area contributed by atoms with Gasteiger partial charge in [-0.15, -0.1) is 0 Å². The monoisotopic (exact) mass is 264 g/mol. The summed E-state index contributed by atoms with van der Waals surface area (Å²) in [5.41, 5.74) is 6.40. The summed E-state index contributed by atoms with van der Waals surface area (Å²) in [4.78, 5) is 13.8. The van der Waals surface area contributed by atoms with Crippen molar-refractivity contribution < 1.29 is 14.3 Å². The Bertz CT molecular complexity index is 448. The number of ether oxygens (including phenoxy) is 2. The zero-order valence-electron chi connectivity index (χ0n) is 11.2. The number of anilines is 1. The predicted molar refractivity (Wildman–Crippen MR) is 73.7 cm³/mol. The second-order valence-corrected chi connectivity index (χ2v) is 4.41.